The van der Waals surface area contributed by atoms with Gasteiger partial charge in [0.15, 0.2) is 9.84 Å². The molecule has 2 aliphatic rings. The maximum absolute atomic E-state index is 12.5. The van der Waals surface area contributed by atoms with Gasteiger partial charge in [-0.1, -0.05) is 31.4 Å². The van der Waals surface area contributed by atoms with Gasteiger partial charge in [-0.2, -0.15) is 0 Å². The van der Waals surface area contributed by atoms with Crippen molar-refractivity contribution in [2.45, 2.75) is 62.0 Å². The molecule has 1 heterocycles. The van der Waals surface area contributed by atoms with Crippen LogP contribution in [-0.2, 0) is 15.6 Å². The average Bonchev–Trinajstić information content (AvgIpc) is 2.63. The number of amides is 1. The lowest BCUT2D eigenvalue weighted by atomic mass is 9.95. The molecule has 0 atom stereocenters. The maximum Gasteiger partial charge on any atom is 0.251 e. The normalized spacial score (nSPS) is 20.3. The zero-order valence-corrected chi connectivity index (χ0v) is 15.5. The molecule has 0 radical (unpaired) electrons. The molecule has 0 aromatic heterocycles. The lowest BCUT2D eigenvalue weighted by molar-refractivity contribution is 0.0927. The van der Waals surface area contributed by atoms with E-state index < -0.39 is 9.84 Å². The molecule has 2 fully saturated rings. The molecule has 1 saturated heterocycles. The number of nitrogens with one attached hydrogen (secondary N) is 2. The second kappa shape index (κ2) is 8.32. The predicted molar refractivity (Wildman–Crippen MR) is 99.3 cm³/mol. The molecule has 1 aliphatic carbocycles. The summed E-state index contributed by atoms with van der Waals surface area (Å²) in [5.41, 5.74) is 1.36. The Morgan fingerprint density at radius 2 is 1.64 bits per heavy atom. The van der Waals surface area contributed by atoms with Crippen LogP contribution in [0.1, 0.15) is 60.9 Å². The van der Waals surface area contributed by atoms with Gasteiger partial charge < -0.3 is 10.6 Å². The second-order valence-corrected chi connectivity index (χ2v) is 9.54. The van der Waals surface area contributed by atoms with Crippen LogP contribution in [0.15, 0.2) is 24.3 Å². The fourth-order valence-electron chi connectivity index (χ4n) is 3.77. The smallest absolute Gasteiger partial charge is 0.251 e. The highest BCUT2D eigenvalue weighted by Crippen LogP contribution is 2.20. The van der Waals surface area contributed by atoms with Crippen LogP contribution in [0.25, 0.3) is 0 Å². The third-order valence-corrected chi connectivity index (χ3v) is 7.54. The van der Waals surface area contributed by atoms with Gasteiger partial charge in [0.2, 0.25) is 0 Å². The van der Waals surface area contributed by atoms with Crippen molar-refractivity contribution in [2.24, 2.45) is 0 Å². The summed E-state index contributed by atoms with van der Waals surface area (Å²) < 4.78 is 25.1. The van der Waals surface area contributed by atoms with E-state index in [1.807, 2.05) is 0 Å². The van der Waals surface area contributed by atoms with Gasteiger partial charge in [-0.15, -0.1) is 0 Å². The van der Waals surface area contributed by atoms with Crippen LogP contribution in [0.2, 0.25) is 0 Å². The zero-order chi connectivity index (χ0) is 17.7. The van der Waals surface area contributed by atoms with E-state index >= 15 is 0 Å². The molecular weight excluding hydrogens is 336 g/mol. The van der Waals surface area contributed by atoms with E-state index in [9.17, 15) is 13.2 Å². The molecular formula is C19H28N2O3S. The van der Waals surface area contributed by atoms with Crippen molar-refractivity contribution in [3.05, 3.63) is 35.4 Å². The molecule has 1 amide bonds. The Morgan fingerprint density at radius 1 is 1.00 bits per heavy atom. The molecule has 1 aromatic carbocycles. The standard InChI is InChI=1S/C19H28N2O3S/c22-19(21-17-4-2-1-3-5-17)16-8-6-15(7-9-16)14-25(23,24)18-10-12-20-13-11-18/h6-9,17-18,20H,1-5,10-14H2,(H,21,22). The molecule has 25 heavy (non-hydrogen) atoms. The Kier molecular flexibility index (Phi) is 6.12. The number of benzene rings is 1. The molecule has 6 heteroatoms. The topological polar surface area (TPSA) is 75.3 Å². The van der Waals surface area contributed by atoms with Gasteiger partial charge >= 0.3 is 0 Å². The van der Waals surface area contributed by atoms with E-state index in [1.165, 1.54) is 19.3 Å². The molecule has 1 saturated carbocycles. The van der Waals surface area contributed by atoms with Crippen molar-refractivity contribution in [2.75, 3.05) is 13.1 Å². The molecule has 138 valence electrons. The number of rotatable bonds is 5. The third kappa shape index (κ3) is 5.05. The molecule has 1 aliphatic heterocycles. The van der Waals surface area contributed by atoms with E-state index in [-0.39, 0.29) is 23.0 Å². The lowest BCUT2D eigenvalue weighted by Crippen LogP contribution is -2.36. The second-order valence-electron chi connectivity index (χ2n) is 7.26. The SMILES string of the molecule is O=C(NC1CCCCC1)c1ccc(CS(=O)(=O)C2CCNCC2)cc1. The first-order valence-corrected chi connectivity index (χ1v) is 11.1. The van der Waals surface area contributed by atoms with E-state index in [0.29, 0.717) is 18.4 Å². The number of carbonyl (C=O) groups is 1. The van der Waals surface area contributed by atoms with E-state index in [2.05, 4.69) is 10.6 Å². The molecule has 0 spiro atoms. The summed E-state index contributed by atoms with van der Waals surface area (Å²) in [6, 6.07) is 7.31. The fourth-order valence-corrected chi connectivity index (χ4v) is 5.62. The molecule has 2 N–H and O–H groups in total. The van der Waals surface area contributed by atoms with E-state index in [1.54, 1.807) is 24.3 Å². The predicted octanol–water partition coefficient (Wildman–Crippen LogP) is 2.42. The molecule has 0 unspecified atom stereocenters. The van der Waals surface area contributed by atoms with Crippen molar-refractivity contribution in [1.82, 2.24) is 10.6 Å². The summed E-state index contributed by atoms with van der Waals surface area (Å²) in [6.07, 6.45) is 7.09. The number of carbonyl (C=O) groups excluding carboxylic acids is 1. The summed E-state index contributed by atoms with van der Waals surface area (Å²) in [7, 11) is -3.13. The van der Waals surface area contributed by atoms with Gasteiger partial charge in [0.05, 0.1) is 11.0 Å². The highest BCUT2D eigenvalue weighted by Gasteiger charge is 2.27. The van der Waals surface area contributed by atoms with Crippen molar-refractivity contribution in [3.63, 3.8) is 0 Å². The van der Waals surface area contributed by atoms with Crippen LogP contribution in [0, 0.1) is 0 Å². The highest BCUT2D eigenvalue weighted by atomic mass is 32.2. The maximum atomic E-state index is 12.5. The van der Waals surface area contributed by atoms with Crippen LogP contribution in [-0.4, -0.2) is 38.7 Å². The minimum atomic E-state index is -3.13. The number of sulfone groups is 1. The van der Waals surface area contributed by atoms with Gasteiger partial charge in [0, 0.05) is 11.6 Å². The quantitative estimate of drug-likeness (QED) is 0.841. The summed E-state index contributed by atoms with van der Waals surface area (Å²) in [5, 5.41) is 6.04. The van der Waals surface area contributed by atoms with Crippen molar-refractivity contribution in [3.8, 4) is 0 Å². The summed E-state index contributed by atoms with van der Waals surface area (Å²) >= 11 is 0. The summed E-state index contributed by atoms with van der Waals surface area (Å²) in [5.74, 6) is 0.00186. The Hall–Kier alpha value is -1.40. The zero-order valence-electron chi connectivity index (χ0n) is 14.7. The van der Waals surface area contributed by atoms with Crippen LogP contribution in [0.3, 0.4) is 0 Å². The van der Waals surface area contributed by atoms with Crippen LogP contribution in [0.5, 0.6) is 0 Å². The molecule has 3 rings (SSSR count). The molecule has 0 bridgehead atoms. The van der Waals surface area contributed by atoms with Gasteiger partial charge in [-0.25, -0.2) is 8.42 Å². The van der Waals surface area contributed by atoms with Crippen LogP contribution < -0.4 is 10.6 Å². The minimum Gasteiger partial charge on any atom is -0.349 e. The third-order valence-electron chi connectivity index (χ3n) is 5.32. The van der Waals surface area contributed by atoms with E-state index in [4.69, 9.17) is 0 Å². The van der Waals surface area contributed by atoms with Gasteiger partial charge in [-0.3, -0.25) is 4.79 Å². The Balaban J connectivity index is 1.58. The van der Waals surface area contributed by atoms with E-state index in [0.717, 1.165) is 31.5 Å². The average molecular weight is 365 g/mol. The molecule has 5 nitrogen and oxygen atoms in total. The van der Waals surface area contributed by atoms with Crippen LogP contribution >= 0.6 is 0 Å². The van der Waals surface area contributed by atoms with Gasteiger partial charge in [0.1, 0.15) is 0 Å². The first-order valence-electron chi connectivity index (χ1n) is 9.37. The van der Waals surface area contributed by atoms with Crippen molar-refractivity contribution in [1.29, 1.82) is 0 Å². The van der Waals surface area contributed by atoms with Crippen molar-refractivity contribution < 1.29 is 13.2 Å². The number of piperidine rings is 1. The van der Waals surface area contributed by atoms with Gasteiger partial charge in [0.25, 0.3) is 5.91 Å². The Morgan fingerprint density at radius 3 is 2.28 bits per heavy atom. The highest BCUT2D eigenvalue weighted by molar-refractivity contribution is 7.91. The fraction of sp³-hybridized carbons (Fsp3) is 0.632. The van der Waals surface area contributed by atoms with Crippen molar-refractivity contribution >= 4 is 15.7 Å². The first kappa shape index (κ1) is 18.4. The number of hydrogen-bond donors (Lipinski definition) is 2. The summed E-state index contributed by atoms with van der Waals surface area (Å²) in [4.78, 5) is 12.3. The largest absolute Gasteiger partial charge is 0.349 e. The Bertz CT molecular complexity index is 673. The first-order chi connectivity index (χ1) is 12.0. The minimum absolute atomic E-state index is 0.0559. The number of hydrogen-bond acceptors (Lipinski definition) is 4. The lowest BCUT2D eigenvalue weighted by Gasteiger charge is -2.23. The van der Waals surface area contributed by atoms with Gasteiger partial charge in [-0.05, 0) is 56.5 Å². The summed E-state index contributed by atoms with van der Waals surface area (Å²) in [6.45, 7) is 1.54. The monoisotopic (exact) mass is 364 g/mol. The van der Waals surface area contributed by atoms with Crippen LogP contribution in [0.4, 0.5) is 0 Å². The molecule has 1 aromatic rings. The Labute approximate surface area is 150 Å².